The number of para-hydroxylation sites is 1. The molecule has 26 heavy (non-hydrogen) atoms. The molecule has 0 fully saturated rings. The maximum absolute atomic E-state index is 12.6. The fourth-order valence-corrected chi connectivity index (χ4v) is 4.59. The highest BCUT2D eigenvalue weighted by Crippen LogP contribution is 2.38. The van der Waals surface area contributed by atoms with Gasteiger partial charge in [0, 0.05) is 18.7 Å². The normalized spacial score (nSPS) is 15.9. The van der Waals surface area contributed by atoms with Crippen LogP contribution in [0.15, 0.2) is 22.5 Å². The molecule has 3 rings (SSSR count). The highest BCUT2D eigenvalue weighted by molar-refractivity contribution is 8.01. The van der Waals surface area contributed by atoms with E-state index >= 15 is 0 Å². The Morgan fingerprint density at radius 1 is 1.46 bits per heavy atom. The van der Waals surface area contributed by atoms with Crippen LogP contribution in [0.2, 0.25) is 0 Å². The highest BCUT2D eigenvalue weighted by Gasteiger charge is 2.32. The molecule has 0 unspecified atom stereocenters. The smallest absolute Gasteiger partial charge is 0.228 e. The third-order valence-corrected chi connectivity index (χ3v) is 6.04. The summed E-state index contributed by atoms with van der Waals surface area (Å²) in [6.45, 7) is 2.48. The quantitative estimate of drug-likeness (QED) is 0.556. The minimum atomic E-state index is -0.493. The zero-order chi connectivity index (χ0) is 18.5. The highest BCUT2D eigenvalue weighted by atomic mass is 32.2. The first-order chi connectivity index (χ1) is 12.6. The number of aromatic nitrogens is 2. The minimum absolute atomic E-state index is 0.133. The molecule has 0 saturated heterocycles. The van der Waals surface area contributed by atoms with Crippen molar-refractivity contribution in [2.45, 2.75) is 30.0 Å². The number of fused-ring (bicyclic) bond motifs is 1. The first kappa shape index (κ1) is 18.7. The van der Waals surface area contributed by atoms with Crippen molar-refractivity contribution in [3.8, 4) is 5.75 Å². The maximum atomic E-state index is 12.6. The van der Waals surface area contributed by atoms with Crippen LogP contribution in [-0.4, -0.2) is 41.4 Å². The molecular weight excluding hydrogens is 372 g/mol. The fourth-order valence-electron chi connectivity index (χ4n) is 2.77. The van der Waals surface area contributed by atoms with Crippen LogP contribution < -0.4 is 15.4 Å². The molecule has 0 radical (unpaired) electrons. The largest absolute Gasteiger partial charge is 0.495 e. The zero-order valence-corrected chi connectivity index (χ0v) is 16.2. The number of aryl methyl sites for hydroxylation is 1. The Morgan fingerprint density at radius 3 is 3.04 bits per heavy atom. The van der Waals surface area contributed by atoms with Crippen LogP contribution >= 0.6 is 23.1 Å². The van der Waals surface area contributed by atoms with Gasteiger partial charge in [0.2, 0.25) is 11.8 Å². The summed E-state index contributed by atoms with van der Waals surface area (Å²) < 4.78 is 6.23. The Hall–Kier alpha value is -2.13. The Morgan fingerprint density at radius 2 is 2.31 bits per heavy atom. The van der Waals surface area contributed by atoms with Gasteiger partial charge in [-0.15, -0.1) is 10.2 Å². The first-order valence-electron chi connectivity index (χ1n) is 8.26. The van der Waals surface area contributed by atoms with Gasteiger partial charge in [0.15, 0.2) is 4.34 Å². The Kier molecular flexibility index (Phi) is 6.10. The van der Waals surface area contributed by atoms with Crippen molar-refractivity contribution in [3.63, 3.8) is 0 Å². The number of nitrogens with one attached hydrogen (secondary N) is 2. The molecule has 0 bridgehead atoms. The average Bonchev–Trinajstić information content (AvgIpc) is 3.05. The van der Waals surface area contributed by atoms with E-state index in [-0.39, 0.29) is 18.2 Å². The van der Waals surface area contributed by atoms with Crippen LogP contribution in [0.25, 0.3) is 0 Å². The number of methoxy groups -OCH3 is 1. The van der Waals surface area contributed by atoms with Crippen LogP contribution in [0, 0.1) is 6.92 Å². The number of nitrogens with zero attached hydrogens (tertiary/aromatic N) is 2. The summed E-state index contributed by atoms with van der Waals surface area (Å²) in [7, 11) is 1.54. The lowest BCUT2D eigenvalue weighted by Gasteiger charge is -2.26. The van der Waals surface area contributed by atoms with E-state index < -0.39 is 5.92 Å². The molecule has 2 amide bonds. The topological polar surface area (TPSA) is 93.2 Å². The van der Waals surface area contributed by atoms with Crippen molar-refractivity contribution in [3.05, 3.63) is 28.8 Å². The second-order valence-corrected chi connectivity index (χ2v) is 8.33. The monoisotopic (exact) mass is 392 g/mol. The lowest BCUT2D eigenvalue weighted by molar-refractivity contribution is -0.126. The van der Waals surface area contributed by atoms with Crippen LogP contribution in [-0.2, 0) is 9.59 Å². The second-order valence-electron chi connectivity index (χ2n) is 5.81. The SMILES string of the molecule is COc1cccc2c1NC(=O)C[C@H]2C(=O)NCCCSc1nnc(C)s1. The molecule has 138 valence electrons. The molecule has 2 heterocycles. The van der Waals surface area contributed by atoms with Crippen molar-refractivity contribution < 1.29 is 14.3 Å². The Bertz CT molecular complexity index is 809. The van der Waals surface area contributed by atoms with Crippen molar-refractivity contribution in [1.29, 1.82) is 0 Å². The Labute approximate surface area is 159 Å². The lowest BCUT2D eigenvalue weighted by atomic mass is 9.89. The predicted octanol–water partition coefficient (Wildman–Crippen LogP) is 2.58. The van der Waals surface area contributed by atoms with Gasteiger partial charge in [0.05, 0.1) is 18.7 Å². The van der Waals surface area contributed by atoms with E-state index in [0.29, 0.717) is 18.0 Å². The van der Waals surface area contributed by atoms with Crippen molar-refractivity contribution >= 4 is 40.6 Å². The zero-order valence-electron chi connectivity index (χ0n) is 14.6. The summed E-state index contributed by atoms with van der Waals surface area (Å²) in [5, 5.41) is 14.7. The van der Waals surface area contributed by atoms with Crippen LogP contribution in [0.4, 0.5) is 5.69 Å². The molecule has 1 atom stereocenters. The van der Waals surface area contributed by atoms with E-state index in [1.807, 2.05) is 19.1 Å². The second kappa shape index (κ2) is 8.50. The number of benzene rings is 1. The third kappa shape index (κ3) is 4.34. The molecule has 2 N–H and O–H groups in total. The maximum Gasteiger partial charge on any atom is 0.228 e. The standard InChI is InChI=1S/C17H20N4O3S2/c1-10-20-21-17(26-10)25-8-4-7-18-16(23)12-9-14(22)19-15-11(12)5-3-6-13(15)24-2/h3,5-6,12H,4,7-9H2,1-2H3,(H,18,23)(H,19,22)/t12-/m1/s1. The minimum Gasteiger partial charge on any atom is -0.495 e. The van der Waals surface area contributed by atoms with E-state index in [1.165, 1.54) is 0 Å². The number of ether oxygens (including phenoxy) is 1. The van der Waals surface area contributed by atoms with Gasteiger partial charge in [-0.3, -0.25) is 9.59 Å². The molecule has 0 spiro atoms. The van der Waals surface area contributed by atoms with Gasteiger partial charge in [-0.2, -0.15) is 0 Å². The van der Waals surface area contributed by atoms with Gasteiger partial charge in [-0.05, 0) is 25.0 Å². The van der Waals surface area contributed by atoms with E-state index in [0.717, 1.165) is 27.1 Å². The summed E-state index contributed by atoms with van der Waals surface area (Å²) in [6, 6.07) is 5.46. The summed E-state index contributed by atoms with van der Waals surface area (Å²) >= 11 is 3.20. The molecule has 7 nitrogen and oxygen atoms in total. The van der Waals surface area contributed by atoms with E-state index in [4.69, 9.17) is 4.74 Å². The van der Waals surface area contributed by atoms with Crippen LogP contribution in [0.5, 0.6) is 5.75 Å². The first-order valence-corrected chi connectivity index (χ1v) is 10.1. The molecule has 1 aromatic carbocycles. The molecule has 0 aliphatic carbocycles. The average molecular weight is 393 g/mol. The predicted molar refractivity (Wildman–Crippen MR) is 102 cm³/mol. The van der Waals surface area contributed by atoms with Gasteiger partial charge in [0.25, 0.3) is 0 Å². The Balaban J connectivity index is 1.54. The summed E-state index contributed by atoms with van der Waals surface area (Å²) in [5.41, 5.74) is 1.38. The number of thioether (sulfide) groups is 1. The molecule has 9 heteroatoms. The van der Waals surface area contributed by atoms with Crippen molar-refractivity contribution in [2.24, 2.45) is 0 Å². The number of rotatable bonds is 7. The van der Waals surface area contributed by atoms with Gasteiger partial charge in [-0.1, -0.05) is 35.2 Å². The van der Waals surface area contributed by atoms with Gasteiger partial charge < -0.3 is 15.4 Å². The molecule has 1 aliphatic rings. The number of hydrogen-bond acceptors (Lipinski definition) is 7. The van der Waals surface area contributed by atoms with Gasteiger partial charge in [-0.25, -0.2) is 0 Å². The molecule has 1 aliphatic heterocycles. The number of anilines is 1. The number of carbonyl (C=O) groups is 2. The molecule has 1 aromatic heterocycles. The fraction of sp³-hybridized carbons (Fsp3) is 0.412. The van der Waals surface area contributed by atoms with E-state index in [1.54, 1.807) is 36.3 Å². The molecular formula is C17H20N4O3S2. The summed E-state index contributed by atoms with van der Waals surface area (Å²) in [6.07, 6.45) is 0.962. The van der Waals surface area contributed by atoms with Gasteiger partial charge >= 0.3 is 0 Å². The molecule has 0 saturated carbocycles. The summed E-state index contributed by atoms with van der Waals surface area (Å²) in [5.74, 6) is 0.615. The van der Waals surface area contributed by atoms with E-state index in [2.05, 4.69) is 20.8 Å². The number of carbonyl (C=O) groups excluding carboxylic acids is 2. The lowest BCUT2D eigenvalue weighted by Crippen LogP contribution is -2.35. The van der Waals surface area contributed by atoms with Crippen LogP contribution in [0.3, 0.4) is 0 Å². The van der Waals surface area contributed by atoms with E-state index in [9.17, 15) is 9.59 Å². The van der Waals surface area contributed by atoms with Crippen LogP contribution in [0.1, 0.15) is 29.3 Å². The molecule has 2 aromatic rings. The third-order valence-electron chi connectivity index (χ3n) is 3.98. The van der Waals surface area contributed by atoms with Gasteiger partial charge in [0.1, 0.15) is 10.8 Å². The summed E-state index contributed by atoms with van der Waals surface area (Å²) in [4.78, 5) is 24.6. The number of amides is 2. The van der Waals surface area contributed by atoms with Crippen molar-refractivity contribution in [1.82, 2.24) is 15.5 Å². The van der Waals surface area contributed by atoms with Crippen molar-refractivity contribution in [2.75, 3.05) is 24.7 Å². The number of hydrogen-bond donors (Lipinski definition) is 2.